The molecule has 0 amide bonds. The van der Waals surface area contributed by atoms with Gasteiger partial charge in [-0.2, -0.15) is 0 Å². The Bertz CT molecular complexity index is 299. The molecule has 0 aliphatic rings. The van der Waals surface area contributed by atoms with E-state index in [-0.39, 0.29) is 0 Å². The lowest BCUT2D eigenvalue weighted by atomic mass is 10.2. The highest BCUT2D eigenvalue weighted by Crippen LogP contribution is 2.11. The first-order valence-electron chi connectivity index (χ1n) is 3.31. The van der Waals surface area contributed by atoms with E-state index in [4.69, 9.17) is 12.3 Å². The molecule has 2 N–H and O–H groups in total. The van der Waals surface area contributed by atoms with Crippen molar-refractivity contribution in [2.75, 3.05) is 0 Å². The van der Waals surface area contributed by atoms with Gasteiger partial charge in [-0.15, -0.1) is 4.98 Å². The van der Waals surface area contributed by atoms with Crippen LogP contribution in [0, 0.1) is 13.5 Å². The lowest BCUT2D eigenvalue weighted by Gasteiger charge is -1.95. The minimum atomic E-state index is 0.393. The molecule has 11 heavy (non-hydrogen) atoms. The molecular weight excluding hydrogens is 138 g/mol. The molecule has 56 valence electrons. The van der Waals surface area contributed by atoms with E-state index in [1.165, 1.54) is 0 Å². The summed E-state index contributed by atoms with van der Waals surface area (Å²) in [5.41, 5.74) is 7.18. The average Bonchev–Trinajstić information content (AvgIpc) is 2.03. The number of hydrogen-bond acceptors (Lipinski definition) is 2. The van der Waals surface area contributed by atoms with Crippen molar-refractivity contribution in [3.05, 3.63) is 34.8 Å². The molecule has 0 bridgehead atoms. The molecule has 0 fully saturated rings. The molecule has 3 heteroatoms. The molecule has 0 saturated heterocycles. The van der Waals surface area contributed by atoms with Crippen molar-refractivity contribution < 1.29 is 0 Å². The summed E-state index contributed by atoms with van der Waals surface area (Å²) >= 11 is 0. The minimum absolute atomic E-state index is 0.393. The van der Waals surface area contributed by atoms with Crippen molar-refractivity contribution in [1.82, 2.24) is 4.98 Å². The van der Waals surface area contributed by atoms with Gasteiger partial charge in [-0.25, -0.2) is 0 Å². The van der Waals surface area contributed by atoms with Crippen LogP contribution in [0.3, 0.4) is 0 Å². The summed E-state index contributed by atoms with van der Waals surface area (Å²) in [6.07, 6.45) is 0. The predicted molar refractivity (Wildman–Crippen MR) is 43.1 cm³/mol. The van der Waals surface area contributed by atoms with Gasteiger partial charge in [-0.1, -0.05) is 12.1 Å². The van der Waals surface area contributed by atoms with Crippen LogP contribution >= 0.6 is 0 Å². The molecule has 1 heterocycles. The molecule has 1 rings (SSSR count). The Kier molecular flexibility index (Phi) is 2.19. The van der Waals surface area contributed by atoms with Crippen LogP contribution in [0.1, 0.15) is 11.3 Å². The number of nitrogens with two attached hydrogens (primary N) is 1. The lowest BCUT2D eigenvalue weighted by Crippen LogP contribution is -1.99. The highest BCUT2D eigenvalue weighted by Gasteiger charge is 1.99. The molecule has 0 saturated carbocycles. The van der Waals surface area contributed by atoms with Crippen LogP contribution in [0.25, 0.3) is 4.85 Å². The van der Waals surface area contributed by atoms with Gasteiger partial charge in [0.15, 0.2) is 0 Å². The summed E-state index contributed by atoms with van der Waals surface area (Å²) < 4.78 is 0. The van der Waals surface area contributed by atoms with Crippen LogP contribution in [0.2, 0.25) is 0 Å². The van der Waals surface area contributed by atoms with Gasteiger partial charge in [0.1, 0.15) is 5.69 Å². The summed E-state index contributed by atoms with van der Waals surface area (Å²) in [6.45, 7) is 9.05. The number of pyridine rings is 1. The zero-order valence-electron chi connectivity index (χ0n) is 6.33. The fourth-order valence-electron chi connectivity index (χ4n) is 0.882. The van der Waals surface area contributed by atoms with Crippen molar-refractivity contribution >= 4 is 5.82 Å². The van der Waals surface area contributed by atoms with Crippen LogP contribution in [0.15, 0.2) is 12.1 Å². The summed E-state index contributed by atoms with van der Waals surface area (Å²) in [5.74, 6) is 0.422. The molecule has 1 aromatic rings. The van der Waals surface area contributed by atoms with Gasteiger partial charge in [0.25, 0.3) is 5.82 Å². The van der Waals surface area contributed by atoms with Crippen LogP contribution in [-0.4, -0.2) is 4.98 Å². The minimum Gasteiger partial charge on any atom is -0.361 e. The third-order valence-corrected chi connectivity index (χ3v) is 1.33. The third-order valence-electron chi connectivity index (χ3n) is 1.33. The number of hydrogen-bond donors (Lipinski definition) is 1. The summed E-state index contributed by atoms with van der Waals surface area (Å²) in [4.78, 5) is 7.21. The van der Waals surface area contributed by atoms with Crippen molar-refractivity contribution in [2.24, 2.45) is 5.73 Å². The Morgan fingerprint density at radius 3 is 2.91 bits per heavy atom. The van der Waals surface area contributed by atoms with Crippen molar-refractivity contribution in [3.8, 4) is 0 Å². The van der Waals surface area contributed by atoms with E-state index in [2.05, 4.69) is 9.83 Å². The van der Waals surface area contributed by atoms with E-state index in [9.17, 15) is 0 Å². The monoisotopic (exact) mass is 147 g/mol. The molecule has 3 nitrogen and oxygen atoms in total. The second-order valence-corrected chi connectivity index (χ2v) is 2.31. The molecule has 0 radical (unpaired) electrons. The van der Waals surface area contributed by atoms with Crippen molar-refractivity contribution in [1.29, 1.82) is 0 Å². The van der Waals surface area contributed by atoms with Gasteiger partial charge in [0.05, 0.1) is 6.54 Å². The Balaban J connectivity index is 3.15. The highest BCUT2D eigenvalue weighted by molar-refractivity contribution is 5.39. The standard InChI is InChI=1S/C8H9N3/c1-6-3-7(5-9)11-8(4-6)10-2/h3-4H,5,9H2,1H3. The smallest absolute Gasteiger partial charge is 0.270 e. The average molecular weight is 147 g/mol. The van der Waals surface area contributed by atoms with Gasteiger partial charge < -0.3 is 10.6 Å². The molecule has 0 unspecified atom stereocenters. The van der Waals surface area contributed by atoms with Gasteiger partial charge in [0, 0.05) is 0 Å². The van der Waals surface area contributed by atoms with E-state index in [1.54, 1.807) is 6.07 Å². The van der Waals surface area contributed by atoms with Gasteiger partial charge in [0.2, 0.25) is 0 Å². The van der Waals surface area contributed by atoms with Crippen LogP contribution in [0.5, 0.6) is 0 Å². The van der Waals surface area contributed by atoms with Gasteiger partial charge in [-0.05, 0) is 19.1 Å². The number of aromatic nitrogens is 1. The van der Waals surface area contributed by atoms with Crippen LogP contribution in [-0.2, 0) is 6.54 Å². The van der Waals surface area contributed by atoms with Crippen molar-refractivity contribution in [2.45, 2.75) is 13.5 Å². The molecular formula is C8H9N3. The SMILES string of the molecule is [C-]#[N+]c1cc(C)cc(CN)n1. The molecule has 0 spiro atoms. The summed E-state index contributed by atoms with van der Waals surface area (Å²) in [6, 6.07) is 3.63. The Labute approximate surface area is 65.7 Å². The number of nitrogens with zero attached hydrogens (tertiary/aromatic N) is 2. The molecule has 0 aliphatic carbocycles. The first-order chi connectivity index (χ1) is 5.26. The maximum absolute atomic E-state index is 6.73. The first-order valence-corrected chi connectivity index (χ1v) is 3.31. The van der Waals surface area contributed by atoms with Gasteiger partial charge in [-0.3, -0.25) is 0 Å². The molecule has 1 aromatic heterocycles. The lowest BCUT2D eigenvalue weighted by molar-refractivity contribution is 0.991. The maximum Gasteiger partial charge on any atom is 0.270 e. The number of aryl methyl sites for hydroxylation is 1. The largest absolute Gasteiger partial charge is 0.361 e. The fraction of sp³-hybridized carbons (Fsp3) is 0.250. The van der Waals surface area contributed by atoms with Gasteiger partial charge >= 0.3 is 0 Å². The van der Waals surface area contributed by atoms with Crippen LogP contribution in [0.4, 0.5) is 5.82 Å². The number of rotatable bonds is 1. The Morgan fingerprint density at radius 1 is 1.64 bits per heavy atom. The molecule has 0 atom stereocenters. The van der Waals surface area contributed by atoms with Crippen molar-refractivity contribution in [3.63, 3.8) is 0 Å². The molecule has 0 aliphatic heterocycles. The summed E-state index contributed by atoms with van der Waals surface area (Å²) in [7, 11) is 0. The summed E-state index contributed by atoms with van der Waals surface area (Å²) in [5, 5.41) is 0. The van der Waals surface area contributed by atoms with E-state index in [0.29, 0.717) is 12.4 Å². The van der Waals surface area contributed by atoms with E-state index in [0.717, 1.165) is 11.3 Å². The maximum atomic E-state index is 6.73. The Morgan fingerprint density at radius 2 is 2.36 bits per heavy atom. The zero-order chi connectivity index (χ0) is 8.27. The predicted octanol–water partition coefficient (Wildman–Crippen LogP) is 1.40. The fourth-order valence-corrected chi connectivity index (χ4v) is 0.882. The molecule has 0 aromatic carbocycles. The van der Waals surface area contributed by atoms with E-state index < -0.39 is 0 Å². The van der Waals surface area contributed by atoms with E-state index in [1.807, 2.05) is 13.0 Å². The quantitative estimate of drug-likeness (QED) is 0.610. The second-order valence-electron chi connectivity index (χ2n) is 2.31. The first kappa shape index (κ1) is 7.70. The third kappa shape index (κ3) is 1.76. The second kappa shape index (κ2) is 3.13. The normalized spacial score (nSPS) is 9.18. The Hall–Kier alpha value is -1.40. The topological polar surface area (TPSA) is 43.3 Å². The van der Waals surface area contributed by atoms with E-state index >= 15 is 0 Å². The van der Waals surface area contributed by atoms with Crippen LogP contribution < -0.4 is 5.73 Å². The zero-order valence-corrected chi connectivity index (χ0v) is 6.33. The highest BCUT2D eigenvalue weighted by atomic mass is 14.9.